The Kier molecular flexibility index (Phi) is 5.04. The summed E-state index contributed by atoms with van der Waals surface area (Å²) in [5, 5.41) is 0. The van der Waals surface area contributed by atoms with E-state index in [-0.39, 0.29) is 5.78 Å². The van der Waals surface area contributed by atoms with Crippen molar-refractivity contribution in [3.63, 3.8) is 0 Å². The molecule has 1 aromatic heterocycles. The third-order valence-corrected chi connectivity index (χ3v) is 4.62. The van der Waals surface area contributed by atoms with Crippen molar-refractivity contribution in [3.05, 3.63) is 70.0 Å². The molecular weight excluding hydrogens is 340 g/mol. The molecule has 0 amide bonds. The lowest BCUT2D eigenvalue weighted by molar-refractivity contribution is 0.0318. The Morgan fingerprint density at radius 1 is 0.889 bits per heavy atom. The normalized spacial score (nSPS) is 12.0. The van der Waals surface area contributed by atoms with Crippen LogP contribution in [0.4, 0.5) is 0 Å². The predicted molar refractivity (Wildman–Crippen MR) is 104 cm³/mol. The predicted octanol–water partition coefficient (Wildman–Crippen LogP) is 4.29. The maximum Gasteiger partial charge on any atom is 0.338 e. The number of esters is 1. The van der Waals surface area contributed by atoms with E-state index in [0.717, 1.165) is 22.5 Å². The summed E-state index contributed by atoms with van der Waals surface area (Å²) >= 11 is 0. The van der Waals surface area contributed by atoms with Crippen molar-refractivity contribution in [3.8, 4) is 0 Å². The third kappa shape index (κ3) is 3.87. The number of Topliss-reactive ketones (excluding diaryl/α,β-unsaturated/α-hetero) is 1. The largest absolute Gasteiger partial charge is 0.451 e. The van der Waals surface area contributed by atoms with Crippen LogP contribution in [0.1, 0.15) is 50.2 Å². The molecule has 0 aliphatic heterocycles. The number of benzene rings is 2. The minimum Gasteiger partial charge on any atom is -0.451 e. The number of aryl methyl sites for hydroxylation is 4. The van der Waals surface area contributed by atoms with Gasteiger partial charge in [-0.2, -0.15) is 0 Å². The van der Waals surface area contributed by atoms with Gasteiger partial charge >= 0.3 is 5.97 Å². The van der Waals surface area contributed by atoms with Crippen molar-refractivity contribution in [2.75, 3.05) is 0 Å². The molecule has 0 fully saturated rings. The van der Waals surface area contributed by atoms with Crippen LogP contribution in [0, 0.1) is 27.7 Å². The zero-order chi connectivity index (χ0) is 19.7. The summed E-state index contributed by atoms with van der Waals surface area (Å²) in [6, 6.07) is 10.7. The number of ether oxygens (including phenoxy) is 1. The van der Waals surface area contributed by atoms with Gasteiger partial charge in [0.15, 0.2) is 6.10 Å². The van der Waals surface area contributed by atoms with Gasteiger partial charge in [-0.1, -0.05) is 17.7 Å². The molecule has 0 aliphatic carbocycles. The number of aromatic nitrogens is 2. The van der Waals surface area contributed by atoms with Gasteiger partial charge in [0.1, 0.15) is 0 Å². The number of carbonyl (C=O) groups is 2. The van der Waals surface area contributed by atoms with Gasteiger partial charge in [-0.3, -0.25) is 4.79 Å². The van der Waals surface area contributed by atoms with Crippen LogP contribution < -0.4 is 0 Å². The number of hydrogen-bond acceptors (Lipinski definition) is 5. The Balaban J connectivity index is 1.82. The Morgan fingerprint density at radius 2 is 1.56 bits per heavy atom. The quantitative estimate of drug-likeness (QED) is 0.511. The summed E-state index contributed by atoms with van der Waals surface area (Å²) in [6.45, 7) is 9.15. The molecule has 5 nitrogen and oxygen atoms in total. The highest BCUT2D eigenvalue weighted by Crippen LogP contribution is 2.18. The number of fused-ring (bicyclic) bond motifs is 1. The molecule has 0 spiro atoms. The molecule has 0 aliphatic rings. The van der Waals surface area contributed by atoms with Gasteiger partial charge in [-0.25, -0.2) is 14.8 Å². The standard InChI is InChI=1S/C22H22N2O3/c1-12-6-7-13(2)18(10-12)21(25)16(5)27-22(26)17-8-9-19-20(11-17)24-15(4)14(3)23-19/h6-11,16H,1-5H3/t16-/m1/s1. The van der Waals surface area contributed by atoms with Crippen molar-refractivity contribution in [2.45, 2.75) is 40.7 Å². The average molecular weight is 362 g/mol. The third-order valence-electron chi connectivity index (χ3n) is 4.62. The lowest BCUT2D eigenvalue weighted by atomic mass is 9.99. The number of ketones is 1. The summed E-state index contributed by atoms with van der Waals surface area (Å²) in [4.78, 5) is 34.1. The first-order valence-corrected chi connectivity index (χ1v) is 8.83. The number of rotatable bonds is 4. The van der Waals surface area contributed by atoms with E-state index >= 15 is 0 Å². The fourth-order valence-electron chi connectivity index (χ4n) is 2.86. The van der Waals surface area contributed by atoms with E-state index in [1.165, 1.54) is 0 Å². The molecule has 27 heavy (non-hydrogen) atoms. The van der Waals surface area contributed by atoms with Crippen LogP contribution in [0.2, 0.25) is 0 Å². The summed E-state index contributed by atoms with van der Waals surface area (Å²) in [5.41, 5.74) is 5.78. The molecule has 0 bridgehead atoms. The van der Waals surface area contributed by atoms with Crippen LogP contribution in [0.5, 0.6) is 0 Å². The molecule has 2 aromatic carbocycles. The maximum atomic E-state index is 12.7. The van der Waals surface area contributed by atoms with E-state index in [9.17, 15) is 9.59 Å². The van der Waals surface area contributed by atoms with Crippen molar-refractivity contribution in [1.82, 2.24) is 9.97 Å². The molecule has 3 rings (SSSR count). The van der Waals surface area contributed by atoms with Crippen LogP contribution in [-0.2, 0) is 4.74 Å². The molecule has 0 saturated carbocycles. The van der Waals surface area contributed by atoms with E-state index in [0.29, 0.717) is 22.2 Å². The summed E-state index contributed by atoms with van der Waals surface area (Å²) in [6.07, 6.45) is -0.875. The second-order valence-corrected chi connectivity index (χ2v) is 6.83. The first-order valence-electron chi connectivity index (χ1n) is 8.83. The van der Waals surface area contributed by atoms with Gasteiger partial charge < -0.3 is 4.74 Å². The van der Waals surface area contributed by atoms with Crippen molar-refractivity contribution in [2.24, 2.45) is 0 Å². The molecule has 3 aromatic rings. The second kappa shape index (κ2) is 7.27. The van der Waals surface area contributed by atoms with Crippen molar-refractivity contribution < 1.29 is 14.3 Å². The zero-order valence-corrected chi connectivity index (χ0v) is 16.2. The Labute approximate surface area is 158 Å². The van der Waals surface area contributed by atoms with Crippen LogP contribution in [0.25, 0.3) is 11.0 Å². The maximum absolute atomic E-state index is 12.7. The van der Waals surface area contributed by atoms with Gasteiger partial charge in [0.25, 0.3) is 0 Å². The Morgan fingerprint density at radius 3 is 2.26 bits per heavy atom. The molecule has 5 heteroatoms. The van der Waals surface area contributed by atoms with Crippen molar-refractivity contribution >= 4 is 22.8 Å². The van der Waals surface area contributed by atoms with Crippen LogP contribution in [-0.4, -0.2) is 27.8 Å². The molecule has 0 N–H and O–H groups in total. The molecule has 0 radical (unpaired) electrons. The van der Waals surface area contributed by atoms with E-state index in [4.69, 9.17) is 4.74 Å². The van der Waals surface area contributed by atoms with Crippen LogP contribution in [0.15, 0.2) is 36.4 Å². The summed E-state index contributed by atoms with van der Waals surface area (Å²) in [5.74, 6) is -0.764. The molecule has 138 valence electrons. The SMILES string of the molecule is Cc1ccc(C)c(C(=O)[C@@H](C)OC(=O)c2ccc3nc(C)c(C)nc3c2)c1. The Hall–Kier alpha value is -3.08. The lowest BCUT2D eigenvalue weighted by Gasteiger charge is -2.14. The summed E-state index contributed by atoms with van der Waals surface area (Å²) < 4.78 is 5.41. The highest BCUT2D eigenvalue weighted by molar-refractivity contribution is 6.03. The summed E-state index contributed by atoms with van der Waals surface area (Å²) in [7, 11) is 0. The second-order valence-electron chi connectivity index (χ2n) is 6.83. The fourth-order valence-corrected chi connectivity index (χ4v) is 2.86. The number of carbonyl (C=O) groups excluding carboxylic acids is 2. The molecule has 0 saturated heterocycles. The molecule has 0 unspecified atom stereocenters. The average Bonchev–Trinajstić information content (AvgIpc) is 2.63. The van der Waals surface area contributed by atoms with Gasteiger partial charge in [0, 0.05) is 5.56 Å². The number of hydrogen-bond donors (Lipinski definition) is 0. The first kappa shape index (κ1) is 18.7. The smallest absolute Gasteiger partial charge is 0.338 e. The molecule has 1 atom stereocenters. The van der Waals surface area contributed by atoms with Gasteiger partial charge in [-0.05, 0) is 64.4 Å². The van der Waals surface area contributed by atoms with E-state index in [1.54, 1.807) is 25.1 Å². The van der Waals surface area contributed by atoms with Gasteiger partial charge in [0.2, 0.25) is 5.78 Å². The topological polar surface area (TPSA) is 69.2 Å². The van der Waals surface area contributed by atoms with E-state index < -0.39 is 12.1 Å². The van der Waals surface area contributed by atoms with E-state index in [2.05, 4.69) is 9.97 Å². The van der Waals surface area contributed by atoms with Gasteiger partial charge in [-0.15, -0.1) is 0 Å². The van der Waals surface area contributed by atoms with Crippen LogP contribution >= 0.6 is 0 Å². The zero-order valence-electron chi connectivity index (χ0n) is 16.2. The highest BCUT2D eigenvalue weighted by atomic mass is 16.5. The lowest BCUT2D eigenvalue weighted by Crippen LogP contribution is -2.25. The van der Waals surface area contributed by atoms with Crippen molar-refractivity contribution in [1.29, 1.82) is 0 Å². The molecule has 1 heterocycles. The first-order chi connectivity index (χ1) is 12.8. The molecular formula is C22H22N2O3. The minimum absolute atomic E-state index is 0.211. The minimum atomic E-state index is -0.875. The van der Waals surface area contributed by atoms with Crippen LogP contribution in [0.3, 0.4) is 0 Å². The van der Waals surface area contributed by atoms with E-state index in [1.807, 2.05) is 45.9 Å². The number of nitrogens with zero attached hydrogens (tertiary/aromatic N) is 2. The fraction of sp³-hybridized carbons (Fsp3) is 0.273. The monoisotopic (exact) mass is 362 g/mol. The highest BCUT2D eigenvalue weighted by Gasteiger charge is 2.22. The van der Waals surface area contributed by atoms with Gasteiger partial charge in [0.05, 0.1) is 28.0 Å². The Bertz CT molecular complexity index is 1060.